The highest BCUT2D eigenvalue weighted by molar-refractivity contribution is 7.91. The maximum Gasteiger partial charge on any atom is 0.279 e. The number of sulfone groups is 1. The fraction of sp³-hybridized carbons (Fsp3) is 0.158. The van der Waals surface area contributed by atoms with Crippen LogP contribution >= 0.6 is 11.3 Å². The van der Waals surface area contributed by atoms with Gasteiger partial charge in [0.15, 0.2) is 20.5 Å². The number of thiazole rings is 1. The predicted octanol–water partition coefficient (Wildman–Crippen LogP) is 3.15. The van der Waals surface area contributed by atoms with Gasteiger partial charge in [-0.2, -0.15) is 4.99 Å². The van der Waals surface area contributed by atoms with E-state index in [2.05, 4.69) is 10.9 Å². The molecule has 3 rings (SSSR count). The van der Waals surface area contributed by atoms with E-state index in [1.807, 2.05) is 0 Å². The van der Waals surface area contributed by atoms with Gasteiger partial charge in [-0.25, -0.2) is 17.2 Å². The van der Waals surface area contributed by atoms with Gasteiger partial charge >= 0.3 is 0 Å². The number of hydrogen-bond donors (Lipinski definition) is 0. The Kier molecular flexibility index (Phi) is 5.45. The summed E-state index contributed by atoms with van der Waals surface area (Å²) in [7, 11) is -3.49. The molecule has 28 heavy (non-hydrogen) atoms. The molecule has 0 aliphatic heterocycles. The molecule has 0 radical (unpaired) electrons. The van der Waals surface area contributed by atoms with E-state index in [1.54, 1.807) is 0 Å². The fourth-order valence-corrected chi connectivity index (χ4v) is 4.59. The normalized spacial score (nSPS) is 12.3. The van der Waals surface area contributed by atoms with Crippen molar-refractivity contribution in [1.29, 1.82) is 0 Å². The molecule has 0 fully saturated rings. The van der Waals surface area contributed by atoms with Crippen molar-refractivity contribution in [1.82, 2.24) is 4.57 Å². The van der Waals surface area contributed by atoms with Gasteiger partial charge in [-0.15, -0.1) is 6.42 Å². The summed E-state index contributed by atoms with van der Waals surface area (Å²) in [6.45, 7) is 1.43. The Hall–Kier alpha value is -2.83. The summed E-state index contributed by atoms with van der Waals surface area (Å²) in [5.41, 5.74) is 0.115. The Morgan fingerprint density at radius 3 is 2.71 bits per heavy atom. The lowest BCUT2D eigenvalue weighted by Gasteiger charge is -2.03. The van der Waals surface area contributed by atoms with Gasteiger partial charge in [0.2, 0.25) is 0 Å². The summed E-state index contributed by atoms with van der Waals surface area (Å²) in [5.74, 6) is -0.0383. The standard InChI is InChI=1S/C19H14F2N2O3S2/c1-3-8-23-17-15(21)10-13(20)11-16(17)27-19(23)22-18(24)12-6-5-7-14(9-12)28(25,26)4-2/h1,5-7,9-11H,4,8H2,2H3. The van der Waals surface area contributed by atoms with Gasteiger partial charge in [0.05, 0.1) is 27.4 Å². The van der Waals surface area contributed by atoms with E-state index >= 15 is 0 Å². The maximum atomic E-state index is 14.2. The minimum Gasteiger partial charge on any atom is -0.302 e. The number of carbonyl (C=O) groups excluding carboxylic acids is 1. The van der Waals surface area contributed by atoms with Crippen LogP contribution in [0, 0.1) is 24.0 Å². The summed E-state index contributed by atoms with van der Waals surface area (Å²) in [6, 6.07) is 7.37. The molecule has 0 unspecified atom stereocenters. The minimum absolute atomic E-state index is 0.0111. The van der Waals surface area contributed by atoms with Crippen molar-refractivity contribution in [2.45, 2.75) is 18.4 Å². The van der Waals surface area contributed by atoms with Crippen LogP contribution in [0.2, 0.25) is 0 Å². The smallest absolute Gasteiger partial charge is 0.279 e. The number of fused-ring (bicyclic) bond motifs is 1. The van der Waals surface area contributed by atoms with E-state index in [0.29, 0.717) is 0 Å². The molecule has 144 valence electrons. The van der Waals surface area contributed by atoms with Crippen LogP contribution in [0.3, 0.4) is 0 Å². The van der Waals surface area contributed by atoms with E-state index in [-0.39, 0.29) is 37.8 Å². The van der Waals surface area contributed by atoms with Gasteiger partial charge in [-0.3, -0.25) is 4.79 Å². The van der Waals surface area contributed by atoms with Crippen LogP contribution in [0.25, 0.3) is 10.2 Å². The first-order valence-corrected chi connectivity index (χ1v) is 10.6. The first kappa shape index (κ1) is 19.9. The molecule has 0 bridgehead atoms. The lowest BCUT2D eigenvalue weighted by molar-refractivity contribution is 0.0997. The highest BCUT2D eigenvalue weighted by Crippen LogP contribution is 2.22. The molecule has 0 N–H and O–H groups in total. The van der Waals surface area contributed by atoms with E-state index in [0.717, 1.165) is 23.5 Å². The number of aromatic nitrogens is 1. The zero-order valence-electron chi connectivity index (χ0n) is 14.6. The van der Waals surface area contributed by atoms with Gasteiger partial charge in [-0.1, -0.05) is 30.2 Å². The molecular weight excluding hydrogens is 406 g/mol. The van der Waals surface area contributed by atoms with Gasteiger partial charge in [0, 0.05) is 11.6 Å². The predicted molar refractivity (Wildman–Crippen MR) is 103 cm³/mol. The van der Waals surface area contributed by atoms with Crippen molar-refractivity contribution < 1.29 is 22.0 Å². The van der Waals surface area contributed by atoms with Crippen LogP contribution in [0.15, 0.2) is 46.3 Å². The second kappa shape index (κ2) is 7.66. The van der Waals surface area contributed by atoms with Crippen molar-refractivity contribution >= 4 is 37.3 Å². The lowest BCUT2D eigenvalue weighted by atomic mass is 10.2. The second-order valence-electron chi connectivity index (χ2n) is 5.76. The Labute approximate surface area is 163 Å². The third-order valence-corrected chi connectivity index (χ3v) is 6.72. The molecule has 0 saturated carbocycles. The summed E-state index contributed by atoms with van der Waals surface area (Å²) in [5, 5.41) is 0. The molecule has 0 saturated heterocycles. The first-order valence-electron chi connectivity index (χ1n) is 8.10. The Morgan fingerprint density at radius 2 is 2.04 bits per heavy atom. The number of halogens is 2. The summed E-state index contributed by atoms with van der Waals surface area (Å²) in [4.78, 5) is 16.6. The van der Waals surface area contributed by atoms with E-state index in [1.165, 1.54) is 35.8 Å². The van der Waals surface area contributed by atoms with Gasteiger partial charge < -0.3 is 4.57 Å². The lowest BCUT2D eigenvalue weighted by Crippen LogP contribution is -2.17. The summed E-state index contributed by atoms with van der Waals surface area (Å²) < 4.78 is 53.3. The topological polar surface area (TPSA) is 68.5 Å². The van der Waals surface area contributed by atoms with Crippen molar-refractivity contribution in [3.05, 3.63) is 58.4 Å². The van der Waals surface area contributed by atoms with Crippen LogP contribution in [-0.2, 0) is 16.4 Å². The average molecular weight is 420 g/mol. The van der Waals surface area contributed by atoms with Gasteiger partial charge in [-0.05, 0) is 24.3 Å². The van der Waals surface area contributed by atoms with Crippen molar-refractivity contribution in [2.24, 2.45) is 4.99 Å². The molecule has 0 spiro atoms. The summed E-state index contributed by atoms with van der Waals surface area (Å²) >= 11 is 0.911. The monoisotopic (exact) mass is 420 g/mol. The Morgan fingerprint density at radius 1 is 1.29 bits per heavy atom. The molecule has 0 aliphatic rings. The number of hydrogen-bond acceptors (Lipinski definition) is 4. The molecule has 0 atom stereocenters. The SMILES string of the molecule is C#CCn1c(=NC(=O)c2cccc(S(=O)(=O)CC)c2)sc2cc(F)cc(F)c21. The number of rotatable bonds is 4. The van der Waals surface area contributed by atoms with Gasteiger partial charge in [0.25, 0.3) is 5.91 Å². The Balaban J connectivity index is 2.16. The Bertz CT molecular complexity index is 1300. The molecule has 3 aromatic rings. The van der Waals surface area contributed by atoms with Crippen LogP contribution in [0.1, 0.15) is 17.3 Å². The molecule has 1 heterocycles. The largest absolute Gasteiger partial charge is 0.302 e. The fourth-order valence-electron chi connectivity index (χ4n) is 2.59. The van der Waals surface area contributed by atoms with Crippen molar-refractivity contribution in [2.75, 3.05) is 5.75 Å². The molecular formula is C19H14F2N2O3S2. The average Bonchev–Trinajstić information content (AvgIpc) is 2.99. The van der Waals surface area contributed by atoms with Crippen LogP contribution < -0.4 is 4.80 Å². The molecule has 5 nitrogen and oxygen atoms in total. The number of terminal acetylenes is 1. The van der Waals surface area contributed by atoms with Gasteiger partial charge in [0.1, 0.15) is 5.82 Å². The zero-order valence-corrected chi connectivity index (χ0v) is 16.3. The van der Waals surface area contributed by atoms with E-state index in [9.17, 15) is 22.0 Å². The molecule has 2 aromatic carbocycles. The van der Waals surface area contributed by atoms with E-state index < -0.39 is 27.4 Å². The number of amides is 1. The number of benzene rings is 2. The highest BCUT2D eigenvalue weighted by Gasteiger charge is 2.16. The minimum atomic E-state index is -3.49. The quantitative estimate of drug-likeness (QED) is 0.609. The molecule has 9 heteroatoms. The zero-order chi connectivity index (χ0) is 20.5. The second-order valence-corrected chi connectivity index (χ2v) is 9.04. The van der Waals surface area contributed by atoms with E-state index in [4.69, 9.17) is 6.42 Å². The highest BCUT2D eigenvalue weighted by atomic mass is 32.2. The van der Waals surface area contributed by atoms with Crippen LogP contribution in [0.5, 0.6) is 0 Å². The van der Waals surface area contributed by atoms with Crippen LogP contribution in [0.4, 0.5) is 8.78 Å². The maximum absolute atomic E-state index is 14.2. The number of carbonyl (C=O) groups is 1. The third-order valence-electron chi connectivity index (χ3n) is 3.96. The van der Waals surface area contributed by atoms with Crippen LogP contribution in [-0.4, -0.2) is 24.6 Å². The third kappa shape index (κ3) is 3.74. The molecule has 1 amide bonds. The summed E-state index contributed by atoms with van der Waals surface area (Å²) in [6.07, 6.45) is 5.33. The molecule has 1 aromatic heterocycles. The van der Waals surface area contributed by atoms with Crippen molar-refractivity contribution in [3.63, 3.8) is 0 Å². The van der Waals surface area contributed by atoms with Crippen molar-refractivity contribution in [3.8, 4) is 12.3 Å². The first-order chi connectivity index (χ1) is 13.3. The number of nitrogens with zero attached hydrogens (tertiary/aromatic N) is 2. The molecule has 0 aliphatic carbocycles.